The van der Waals surface area contributed by atoms with Gasteiger partial charge in [0.2, 0.25) is 10.0 Å². The minimum atomic E-state index is -3.45. The summed E-state index contributed by atoms with van der Waals surface area (Å²) in [5.41, 5.74) is 1.15. The van der Waals surface area contributed by atoms with Crippen LogP contribution < -0.4 is 0 Å². The van der Waals surface area contributed by atoms with E-state index in [9.17, 15) is 8.42 Å². The minimum Gasteiger partial charge on any atom is -0.293 e. The van der Waals surface area contributed by atoms with Crippen LogP contribution >= 0.6 is 0 Å². The zero-order chi connectivity index (χ0) is 18.7. The van der Waals surface area contributed by atoms with E-state index in [1.165, 1.54) is 6.20 Å². The van der Waals surface area contributed by atoms with Gasteiger partial charge in [0, 0.05) is 57.4 Å². The van der Waals surface area contributed by atoms with Crippen molar-refractivity contribution in [2.45, 2.75) is 44.8 Å². The van der Waals surface area contributed by atoms with Gasteiger partial charge < -0.3 is 0 Å². The number of hydrogen-bond acceptors (Lipinski definition) is 5. The average molecular weight is 378 g/mol. The molecule has 0 amide bonds. The minimum absolute atomic E-state index is 0.230. The molecule has 142 valence electrons. The van der Waals surface area contributed by atoms with Crippen molar-refractivity contribution in [3.05, 3.63) is 42.5 Å². The Bertz CT molecular complexity index is 813. The predicted molar refractivity (Wildman–Crippen MR) is 99.9 cm³/mol. The van der Waals surface area contributed by atoms with Crippen molar-refractivity contribution in [3.8, 4) is 0 Å². The molecule has 1 fully saturated rings. The molecule has 1 saturated heterocycles. The molecule has 0 bridgehead atoms. The van der Waals surface area contributed by atoms with Crippen LogP contribution in [0.15, 0.2) is 41.8 Å². The van der Waals surface area contributed by atoms with Crippen LogP contribution in [0.5, 0.6) is 0 Å². The highest BCUT2D eigenvalue weighted by Crippen LogP contribution is 2.25. The number of sulfonamides is 1. The maximum absolute atomic E-state index is 12.7. The highest BCUT2D eigenvalue weighted by Gasteiger charge is 2.40. The molecule has 0 aromatic carbocycles. The van der Waals surface area contributed by atoms with Gasteiger partial charge >= 0.3 is 0 Å². The third-order valence-corrected chi connectivity index (χ3v) is 6.41. The largest absolute Gasteiger partial charge is 0.293 e. The van der Waals surface area contributed by atoms with Crippen molar-refractivity contribution in [2.75, 3.05) is 19.6 Å². The number of pyridine rings is 1. The molecule has 2 aromatic rings. The van der Waals surface area contributed by atoms with Gasteiger partial charge in [-0.05, 0) is 24.5 Å². The standard InChI is InChI=1S/C18H27N5O2S/c1-4-22-14-18(9-20-22)26(24,25)23-12-17(13-23)21(10-15(2)3)11-16-6-5-7-19-8-16/h5-9,14-15,17H,4,10-13H2,1-3H3. The molecule has 0 saturated carbocycles. The van der Waals surface area contributed by atoms with Crippen molar-refractivity contribution < 1.29 is 8.42 Å². The van der Waals surface area contributed by atoms with E-state index in [0.717, 1.165) is 18.7 Å². The van der Waals surface area contributed by atoms with Crippen molar-refractivity contribution in [2.24, 2.45) is 5.92 Å². The first kappa shape index (κ1) is 19.0. The van der Waals surface area contributed by atoms with E-state index in [1.807, 2.05) is 19.2 Å². The zero-order valence-corrected chi connectivity index (χ0v) is 16.4. The summed E-state index contributed by atoms with van der Waals surface area (Å²) in [4.78, 5) is 6.82. The Morgan fingerprint density at radius 3 is 2.65 bits per heavy atom. The van der Waals surface area contributed by atoms with Crippen molar-refractivity contribution in [1.82, 2.24) is 24.0 Å². The fourth-order valence-corrected chi connectivity index (χ4v) is 4.65. The van der Waals surface area contributed by atoms with Crippen LogP contribution in [-0.4, -0.2) is 58.1 Å². The lowest BCUT2D eigenvalue weighted by Crippen LogP contribution is -2.61. The van der Waals surface area contributed by atoms with Crippen LogP contribution in [0.25, 0.3) is 0 Å². The number of hydrogen-bond donors (Lipinski definition) is 0. The van der Waals surface area contributed by atoms with Crippen LogP contribution in [0.4, 0.5) is 0 Å². The molecule has 1 aliphatic heterocycles. The van der Waals surface area contributed by atoms with E-state index >= 15 is 0 Å². The Morgan fingerprint density at radius 2 is 2.08 bits per heavy atom. The highest BCUT2D eigenvalue weighted by molar-refractivity contribution is 7.89. The smallest absolute Gasteiger partial charge is 0.246 e. The maximum atomic E-state index is 12.7. The molecule has 26 heavy (non-hydrogen) atoms. The Morgan fingerprint density at radius 1 is 1.31 bits per heavy atom. The normalized spacial score (nSPS) is 16.3. The van der Waals surface area contributed by atoms with E-state index in [1.54, 1.807) is 21.4 Å². The summed E-state index contributed by atoms with van der Waals surface area (Å²) in [7, 11) is -3.45. The molecular weight excluding hydrogens is 350 g/mol. The monoisotopic (exact) mass is 377 g/mol. The Balaban J connectivity index is 1.66. The Kier molecular flexibility index (Phi) is 5.74. The van der Waals surface area contributed by atoms with Gasteiger partial charge in [0.1, 0.15) is 4.90 Å². The van der Waals surface area contributed by atoms with Crippen molar-refractivity contribution >= 4 is 10.0 Å². The number of aromatic nitrogens is 3. The lowest BCUT2D eigenvalue weighted by molar-refractivity contribution is 0.0712. The summed E-state index contributed by atoms with van der Waals surface area (Å²) >= 11 is 0. The third kappa shape index (κ3) is 4.13. The summed E-state index contributed by atoms with van der Waals surface area (Å²) in [6.07, 6.45) is 6.68. The number of nitrogens with zero attached hydrogens (tertiary/aromatic N) is 5. The van der Waals surface area contributed by atoms with Gasteiger partial charge in [-0.1, -0.05) is 19.9 Å². The predicted octanol–water partition coefficient (Wildman–Crippen LogP) is 1.83. The van der Waals surface area contributed by atoms with Crippen molar-refractivity contribution in [1.29, 1.82) is 0 Å². The summed E-state index contributed by atoms with van der Waals surface area (Å²) in [6, 6.07) is 4.23. The first-order chi connectivity index (χ1) is 12.4. The SMILES string of the molecule is CCn1cc(S(=O)(=O)N2CC(N(Cc3cccnc3)CC(C)C)C2)cn1. The second-order valence-electron chi connectivity index (χ2n) is 7.19. The quantitative estimate of drug-likeness (QED) is 0.702. The third-order valence-electron chi connectivity index (χ3n) is 4.62. The number of rotatable bonds is 8. The average Bonchev–Trinajstić information content (AvgIpc) is 3.03. The van der Waals surface area contributed by atoms with Gasteiger partial charge in [-0.25, -0.2) is 8.42 Å². The molecule has 2 aromatic heterocycles. The van der Waals surface area contributed by atoms with Crippen LogP contribution in [0.3, 0.4) is 0 Å². The van der Waals surface area contributed by atoms with Crippen molar-refractivity contribution in [3.63, 3.8) is 0 Å². The first-order valence-electron chi connectivity index (χ1n) is 9.05. The van der Waals surface area contributed by atoms with Gasteiger partial charge in [-0.2, -0.15) is 9.40 Å². The molecule has 1 aliphatic rings. The molecule has 0 spiro atoms. The van der Waals surface area contributed by atoms with Gasteiger partial charge in [-0.15, -0.1) is 0 Å². The summed E-state index contributed by atoms with van der Waals surface area (Å²) in [5.74, 6) is 0.514. The molecule has 8 heteroatoms. The fourth-order valence-electron chi connectivity index (χ4n) is 3.18. The fraction of sp³-hybridized carbons (Fsp3) is 0.556. The van der Waals surface area contributed by atoms with E-state index in [4.69, 9.17) is 0 Å². The molecular formula is C18H27N5O2S. The Labute approximate surface area is 155 Å². The lowest BCUT2D eigenvalue weighted by atomic mass is 10.1. The van der Waals surface area contributed by atoms with E-state index in [2.05, 4.69) is 34.9 Å². The Hall–Kier alpha value is -1.77. The summed E-state index contributed by atoms with van der Waals surface area (Å²) in [5, 5.41) is 4.08. The zero-order valence-electron chi connectivity index (χ0n) is 15.6. The first-order valence-corrected chi connectivity index (χ1v) is 10.5. The van der Waals surface area contributed by atoms with Gasteiger partial charge in [0.25, 0.3) is 0 Å². The van der Waals surface area contributed by atoms with Crippen LogP contribution in [-0.2, 0) is 23.1 Å². The lowest BCUT2D eigenvalue weighted by Gasteiger charge is -2.45. The molecule has 3 heterocycles. The van der Waals surface area contributed by atoms with Gasteiger partial charge in [0.15, 0.2) is 0 Å². The molecule has 0 aliphatic carbocycles. The van der Waals surface area contributed by atoms with Crippen LogP contribution in [0.2, 0.25) is 0 Å². The van der Waals surface area contributed by atoms with E-state index < -0.39 is 10.0 Å². The molecule has 0 atom stereocenters. The second kappa shape index (κ2) is 7.85. The summed E-state index contributed by atoms with van der Waals surface area (Å²) < 4.78 is 28.7. The van der Waals surface area contributed by atoms with Crippen LogP contribution in [0, 0.1) is 5.92 Å². The van der Waals surface area contributed by atoms with Gasteiger partial charge in [0.05, 0.1) is 6.20 Å². The van der Waals surface area contributed by atoms with E-state index in [-0.39, 0.29) is 10.9 Å². The number of aryl methyl sites for hydroxylation is 1. The molecule has 3 rings (SSSR count). The highest BCUT2D eigenvalue weighted by atomic mass is 32.2. The maximum Gasteiger partial charge on any atom is 0.246 e. The molecule has 7 nitrogen and oxygen atoms in total. The molecule has 0 N–H and O–H groups in total. The summed E-state index contributed by atoms with van der Waals surface area (Å²) in [6.45, 7) is 9.72. The van der Waals surface area contributed by atoms with Crippen LogP contribution in [0.1, 0.15) is 26.3 Å². The topological polar surface area (TPSA) is 71.3 Å². The van der Waals surface area contributed by atoms with E-state index in [0.29, 0.717) is 25.6 Å². The van der Waals surface area contributed by atoms with Gasteiger partial charge in [-0.3, -0.25) is 14.6 Å². The molecule has 0 unspecified atom stereocenters. The molecule has 0 radical (unpaired) electrons. The second-order valence-corrected chi connectivity index (χ2v) is 9.13.